The van der Waals surface area contributed by atoms with Gasteiger partial charge in [0.25, 0.3) is 11.8 Å². The van der Waals surface area contributed by atoms with E-state index in [1.54, 1.807) is 24.3 Å². The van der Waals surface area contributed by atoms with E-state index in [4.69, 9.17) is 0 Å². The van der Waals surface area contributed by atoms with Gasteiger partial charge in [-0.1, -0.05) is 70.4 Å². The molecule has 0 aromatic heterocycles. The van der Waals surface area contributed by atoms with Crippen LogP contribution in [0.15, 0.2) is 24.3 Å². The molecule has 170 valence electrons. The summed E-state index contributed by atoms with van der Waals surface area (Å²) in [5.41, 5.74) is 0.696. The maximum Gasteiger partial charge on any atom is 0.307 e. The van der Waals surface area contributed by atoms with Gasteiger partial charge in [0.2, 0.25) is 0 Å². The van der Waals surface area contributed by atoms with Crippen molar-refractivity contribution < 1.29 is 24.3 Å². The number of unbranched alkanes of at least 4 members (excludes halogenated alkanes) is 8. The van der Waals surface area contributed by atoms with Crippen LogP contribution in [0, 0.1) is 5.92 Å². The summed E-state index contributed by atoms with van der Waals surface area (Å²) < 4.78 is 0. The molecule has 1 heterocycles. The fourth-order valence-electron chi connectivity index (χ4n) is 4.05. The van der Waals surface area contributed by atoms with Crippen molar-refractivity contribution in [1.29, 1.82) is 0 Å². The number of carbonyl (C=O) groups excluding carboxylic acids is 3. The molecule has 2 amide bonds. The van der Waals surface area contributed by atoms with E-state index in [1.807, 2.05) is 0 Å². The molecular weight excluding hydrogens is 394 g/mol. The second-order valence-electron chi connectivity index (χ2n) is 8.45. The number of carbonyl (C=O) groups is 4. The van der Waals surface area contributed by atoms with Gasteiger partial charge in [-0.3, -0.25) is 24.1 Å². The summed E-state index contributed by atoms with van der Waals surface area (Å²) in [5, 5.41) is 9.49. The quantitative estimate of drug-likeness (QED) is 0.286. The number of nitrogens with zero attached hydrogens (tertiary/aromatic N) is 1. The van der Waals surface area contributed by atoms with Crippen LogP contribution in [0.2, 0.25) is 0 Å². The van der Waals surface area contributed by atoms with E-state index in [2.05, 4.69) is 6.92 Å². The Bertz CT molecular complexity index is 738. The lowest BCUT2D eigenvalue weighted by Crippen LogP contribution is -2.33. The fourth-order valence-corrected chi connectivity index (χ4v) is 4.05. The molecule has 1 N–H and O–H groups in total. The number of fused-ring (bicyclic) bond motifs is 1. The van der Waals surface area contributed by atoms with E-state index in [-0.39, 0.29) is 25.2 Å². The van der Waals surface area contributed by atoms with Gasteiger partial charge in [0, 0.05) is 19.4 Å². The van der Waals surface area contributed by atoms with Crippen LogP contribution in [0.1, 0.15) is 105 Å². The summed E-state index contributed by atoms with van der Waals surface area (Å²) in [6.07, 6.45) is 10.9. The zero-order chi connectivity index (χ0) is 22.6. The summed E-state index contributed by atoms with van der Waals surface area (Å²) >= 11 is 0. The van der Waals surface area contributed by atoms with E-state index < -0.39 is 23.7 Å². The van der Waals surface area contributed by atoms with Gasteiger partial charge in [0.05, 0.1) is 17.0 Å². The molecule has 2 rings (SSSR count). The number of Topliss-reactive ketones (excluding diaryl/α,β-unsaturated/α-hetero) is 1. The van der Waals surface area contributed by atoms with Gasteiger partial charge < -0.3 is 5.11 Å². The topological polar surface area (TPSA) is 91.8 Å². The van der Waals surface area contributed by atoms with Crippen molar-refractivity contribution in [3.8, 4) is 0 Å². The van der Waals surface area contributed by atoms with E-state index >= 15 is 0 Å². The molecule has 0 radical (unpaired) electrons. The molecule has 6 heteroatoms. The molecule has 0 saturated carbocycles. The largest absolute Gasteiger partial charge is 0.481 e. The molecule has 0 fully saturated rings. The first-order valence-electron chi connectivity index (χ1n) is 11.7. The van der Waals surface area contributed by atoms with Crippen molar-refractivity contribution >= 4 is 23.6 Å². The van der Waals surface area contributed by atoms with Crippen LogP contribution >= 0.6 is 0 Å². The number of carboxylic acid groups (broad SMARTS) is 1. The Hall–Kier alpha value is -2.50. The summed E-state index contributed by atoms with van der Waals surface area (Å²) in [4.78, 5) is 49.8. The number of rotatable bonds is 16. The Morgan fingerprint density at radius 3 is 1.90 bits per heavy atom. The Kier molecular flexibility index (Phi) is 10.4. The molecule has 6 nitrogen and oxygen atoms in total. The standard InChI is InChI=1S/C25H35NO5/c1-2-3-4-5-6-7-8-9-10-13-20(27)18-19(25(30)31)16-17-26-23(28)21-14-11-12-15-22(21)24(26)29/h11-12,14-15,19H,2-10,13,16-18H2,1H3,(H,30,31)/t19-/m0/s1. The maximum atomic E-state index is 12.4. The number of amides is 2. The Labute approximate surface area is 185 Å². The number of imide groups is 1. The third-order valence-corrected chi connectivity index (χ3v) is 5.96. The van der Waals surface area contributed by atoms with Gasteiger partial charge in [0.15, 0.2) is 0 Å². The predicted molar refractivity (Wildman–Crippen MR) is 119 cm³/mol. The summed E-state index contributed by atoms with van der Waals surface area (Å²) in [7, 11) is 0. The third kappa shape index (κ3) is 7.60. The first kappa shape index (κ1) is 24.8. The number of benzene rings is 1. The van der Waals surface area contributed by atoms with E-state index in [0.29, 0.717) is 17.5 Å². The molecule has 1 atom stereocenters. The molecule has 1 aliphatic heterocycles. The number of ketones is 1. The Morgan fingerprint density at radius 1 is 0.871 bits per heavy atom. The first-order chi connectivity index (χ1) is 15.0. The number of aliphatic carboxylic acids is 1. The van der Waals surface area contributed by atoms with Crippen LogP contribution in [-0.2, 0) is 9.59 Å². The molecule has 1 aromatic carbocycles. The highest BCUT2D eigenvalue weighted by Gasteiger charge is 2.35. The van der Waals surface area contributed by atoms with Crippen LogP contribution in [0.3, 0.4) is 0 Å². The summed E-state index contributed by atoms with van der Waals surface area (Å²) in [5.74, 6) is -2.79. The summed E-state index contributed by atoms with van der Waals surface area (Å²) in [6, 6.07) is 6.58. The molecule has 0 spiro atoms. The van der Waals surface area contributed by atoms with Crippen LogP contribution in [0.25, 0.3) is 0 Å². The zero-order valence-corrected chi connectivity index (χ0v) is 18.6. The molecule has 31 heavy (non-hydrogen) atoms. The number of hydrogen-bond donors (Lipinski definition) is 1. The van der Waals surface area contributed by atoms with Crippen LogP contribution in [0.5, 0.6) is 0 Å². The van der Waals surface area contributed by atoms with Crippen molar-refractivity contribution in [3.05, 3.63) is 35.4 Å². The lowest BCUT2D eigenvalue weighted by molar-refractivity contribution is -0.144. The molecule has 0 bridgehead atoms. The molecular formula is C25H35NO5. The van der Waals surface area contributed by atoms with Gasteiger partial charge in [-0.2, -0.15) is 0 Å². The molecule has 0 unspecified atom stereocenters. The molecule has 0 aliphatic carbocycles. The van der Waals surface area contributed by atoms with Gasteiger partial charge in [-0.05, 0) is 25.0 Å². The van der Waals surface area contributed by atoms with Crippen molar-refractivity contribution in [2.75, 3.05) is 6.54 Å². The Balaban J connectivity index is 1.68. The second kappa shape index (κ2) is 13.0. The molecule has 0 saturated heterocycles. The van der Waals surface area contributed by atoms with Gasteiger partial charge in [-0.25, -0.2) is 0 Å². The van der Waals surface area contributed by atoms with E-state index in [0.717, 1.165) is 24.2 Å². The van der Waals surface area contributed by atoms with Crippen molar-refractivity contribution in [2.24, 2.45) is 5.92 Å². The average molecular weight is 430 g/mol. The van der Waals surface area contributed by atoms with Crippen LogP contribution in [0.4, 0.5) is 0 Å². The molecule has 1 aromatic rings. The number of hydrogen-bond acceptors (Lipinski definition) is 4. The number of carboxylic acids is 1. The van der Waals surface area contributed by atoms with Crippen molar-refractivity contribution in [3.63, 3.8) is 0 Å². The van der Waals surface area contributed by atoms with Crippen molar-refractivity contribution in [2.45, 2.75) is 84.0 Å². The highest BCUT2D eigenvalue weighted by Crippen LogP contribution is 2.24. The minimum absolute atomic E-state index is 0.00856. The second-order valence-corrected chi connectivity index (χ2v) is 8.45. The van der Waals surface area contributed by atoms with E-state index in [1.165, 1.54) is 38.5 Å². The lowest BCUT2D eigenvalue weighted by Gasteiger charge is -2.17. The minimum Gasteiger partial charge on any atom is -0.481 e. The first-order valence-corrected chi connectivity index (χ1v) is 11.7. The highest BCUT2D eigenvalue weighted by atomic mass is 16.4. The monoisotopic (exact) mass is 429 g/mol. The lowest BCUT2D eigenvalue weighted by atomic mass is 9.96. The summed E-state index contributed by atoms with van der Waals surface area (Å²) in [6.45, 7) is 2.21. The third-order valence-electron chi connectivity index (χ3n) is 5.96. The van der Waals surface area contributed by atoms with Gasteiger partial charge in [-0.15, -0.1) is 0 Å². The van der Waals surface area contributed by atoms with Crippen LogP contribution in [-0.4, -0.2) is 40.1 Å². The molecule has 1 aliphatic rings. The normalized spacial score (nSPS) is 14.0. The predicted octanol–water partition coefficient (Wildman–Crippen LogP) is 5.25. The fraction of sp³-hybridized carbons (Fsp3) is 0.600. The van der Waals surface area contributed by atoms with Crippen LogP contribution < -0.4 is 0 Å². The SMILES string of the molecule is CCCCCCCCCCCC(=O)C[C@H](CCN1C(=O)c2ccccc2C1=O)C(=O)O. The van der Waals surface area contributed by atoms with Crippen molar-refractivity contribution in [1.82, 2.24) is 4.90 Å². The maximum absolute atomic E-state index is 12.4. The van der Waals surface area contributed by atoms with Gasteiger partial charge in [0.1, 0.15) is 5.78 Å². The minimum atomic E-state index is -1.06. The highest BCUT2D eigenvalue weighted by molar-refractivity contribution is 6.21. The smallest absolute Gasteiger partial charge is 0.307 e. The average Bonchev–Trinajstić information content (AvgIpc) is 3.00. The van der Waals surface area contributed by atoms with Gasteiger partial charge >= 0.3 is 5.97 Å². The Morgan fingerprint density at radius 2 is 1.39 bits per heavy atom. The zero-order valence-electron chi connectivity index (χ0n) is 18.6. The van der Waals surface area contributed by atoms with E-state index in [9.17, 15) is 24.3 Å².